The topological polar surface area (TPSA) is 101 Å². The Labute approximate surface area is 316 Å². The third-order valence-electron chi connectivity index (χ3n) is 11.0. The van der Waals surface area contributed by atoms with Crippen LogP contribution in [-0.4, -0.2) is 75.1 Å². The van der Waals surface area contributed by atoms with Gasteiger partial charge < -0.3 is 23.4 Å². The smallest absolute Gasteiger partial charge is 0.297 e. The van der Waals surface area contributed by atoms with Gasteiger partial charge in [-0.3, -0.25) is 4.18 Å². The minimum absolute atomic E-state index is 0.0190. The van der Waals surface area contributed by atoms with Crippen molar-refractivity contribution in [1.82, 2.24) is 0 Å². The van der Waals surface area contributed by atoms with Gasteiger partial charge in [-0.1, -0.05) is 118 Å². The first-order valence-electron chi connectivity index (χ1n) is 19.7. The molecule has 0 fully saturated rings. The van der Waals surface area contributed by atoms with Crippen molar-refractivity contribution < 1.29 is 36.0 Å². The standard InChI is InChI=1S/C40H78O8SSi2/c1-14-15-16-17-18-19-20-21-23-35(45-32-44-9)36(46-49(42,43)34-27-25-33(2)26-28-34)29-30-38(48-51(12,13)40(6,7)8)37(24-22-31-41)47-50(10,11)39(3,4)5/h25-28,35-38,41H,14-24,29-32H2,1-13H3/t35-,36+,37-,38-/m1/s1. The van der Waals surface area contributed by atoms with Gasteiger partial charge in [0.1, 0.15) is 12.9 Å². The molecule has 0 aliphatic rings. The van der Waals surface area contributed by atoms with Gasteiger partial charge >= 0.3 is 0 Å². The van der Waals surface area contributed by atoms with Crippen LogP contribution in [-0.2, 0) is 32.6 Å². The molecule has 8 nitrogen and oxygen atoms in total. The quantitative estimate of drug-likeness (QED) is 0.0408. The van der Waals surface area contributed by atoms with Gasteiger partial charge in [-0.2, -0.15) is 8.42 Å². The van der Waals surface area contributed by atoms with Crippen molar-refractivity contribution in [3.63, 3.8) is 0 Å². The van der Waals surface area contributed by atoms with Crippen LogP contribution >= 0.6 is 0 Å². The lowest BCUT2D eigenvalue weighted by Crippen LogP contribution is -2.52. The van der Waals surface area contributed by atoms with Gasteiger partial charge in [0.2, 0.25) is 0 Å². The molecule has 0 bridgehead atoms. The van der Waals surface area contributed by atoms with Gasteiger partial charge in [0.15, 0.2) is 16.6 Å². The van der Waals surface area contributed by atoms with E-state index in [2.05, 4.69) is 74.7 Å². The third-order valence-corrected chi connectivity index (χ3v) is 21.4. The van der Waals surface area contributed by atoms with Gasteiger partial charge in [-0.05, 0) is 87.4 Å². The number of methoxy groups -OCH3 is 1. The van der Waals surface area contributed by atoms with Crippen LogP contribution in [0, 0.1) is 6.92 Å². The molecule has 300 valence electrons. The van der Waals surface area contributed by atoms with Crippen LogP contribution in [0.15, 0.2) is 29.2 Å². The molecule has 0 unspecified atom stereocenters. The molecule has 0 amide bonds. The molecular weight excluding hydrogens is 697 g/mol. The molecule has 0 radical (unpaired) electrons. The van der Waals surface area contributed by atoms with E-state index < -0.39 is 39.0 Å². The number of unbranched alkanes of at least 4 members (excludes halogenated alkanes) is 7. The van der Waals surface area contributed by atoms with Crippen LogP contribution in [0.3, 0.4) is 0 Å². The van der Waals surface area contributed by atoms with Gasteiger partial charge in [-0.15, -0.1) is 0 Å². The zero-order valence-corrected chi connectivity index (χ0v) is 37.8. The van der Waals surface area contributed by atoms with Gasteiger partial charge in [0.05, 0.1) is 23.2 Å². The Morgan fingerprint density at radius 1 is 0.667 bits per heavy atom. The van der Waals surface area contributed by atoms with Crippen LogP contribution in [0.25, 0.3) is 0 Å². The Kier molecular flexibility index (Phi) is 21.5. The van der Waals surface area contributed by atoms with Crippen LogP contribution in [0.1, 0.15) is 138 Å². The predicted octanol–water partition coefficient (Wildman–Crippen LogP) is 10.9. The molecule has 1 N–H and O–H groups in total. The molecule has 0 spiro atoms. The molecule has 51 heavy (non-hydrogen) atoms. The fraction of sp³-hybridized carbons (Fsp3) is 0.850. The van der Waals surface area contributed by atoms with Crippen LogP contribution in [0.2, 0.25) is 36.3 Å². The second-order valence-corrected chi connectivity index (χ2v) is 28.6. The maximum Gasteiger partial charge on any atom is 0.297 e. The van der Waals surface area contributed by atoms with Crippen molar-refractivity contribution in [3.05, 3.63) is 29.8 Å². The van der Waals surface area contributed by atoms with Crippen LogP contribution < -0.4 is 0 Å². The highest BCUT2D eigenvalue weighted by Gasteiger charge is 2.45. The first kappa shape index (κ1) is 48.4. The highest BCUT2D eigenvalue weighted by Crippen LogP contribution is 2.42. The Morgan fingerprint density at radius 2 is 1.12 bits per heavy atom. The summed E-state index contributed by atoms with van der Waals surface area (Å²) in [6.07, 6.45) is 10.4. The van der Waals surface area contributed by atoms with E-state index in [0.29, 0.717) is 32.1 Å². The molecule has 0 saturated carbocycles. The SMILES string of the molecule is CCCCCCCCCC[C@@H](OCOC)[C@H](CC[C@@H](O[Si](C)(C)C(C)(C)C)[C@@H](CCCO)O[Si](C)(C)C(C)(C)C)OS(=O)(=O)c1ccc(C)cc1. The Balaban J connectivity index is 3.55. The normalized spacial score (nSPS) is 15.9. The van der Waals surface area contributed by atoms with Crippen LogP contribution in [0.5, 0.6) is 0 Å². The summed E-state index contributed by atoms with van der Waals surface area (Å²) in [5.41, 5.74) is 0.975. The summed E-state index contributed by atoms with van der Waals surface area (Å²) in [4.78, 5) is 0.131. The number of aliphatic hydroxyl groups is 1. The minimum atomic E-state index is -4.09. The molecule has 0 aromatic heterocycles. The first-order valence-corrected chi connectivity index (χ1v) is 26.9. The fourth-order valence-electron chi connectivity index (χ4n) is 5.60. The van der Waals surface area contributed by atoms with E-state index in [0.717, 1.165) is 24.8 Å². The third kappa shape index (κ3) is 17.6. The van der Waals surface area contributed by atoms with E-state index in [-0.39, 0.29) is 40.6 Å². The van der Waals surface area contributed by atoms with E-state index in [9.17, 15) is 13.5 Å². The lowest BCUT2D eigenvalue weighted by Gasteiger charge is -2.45. The summed E-state index contributed by atoms with van der Waals surface area (Å²) in [5, 5.41) is 9.86. The minimum Gasteiger partial charge on any atom is -0.411 e. The molecule has 1 rings (SSSR count). The Bertz CT molecular complexity index is 1180. The molecule has 1 aromatic carbocycles. The molecular formula is C40H78O8SSi2. The zero-order chi connectivity index (χ0) is 38.9. The number of aliphatic hydroxyl groups excluding tert-OH is 1. The van der Waals surface area contributed by atoms with E-state index in [1.54, 1.807) is 31.4 Å². The average molecular weight is 775 g/mol. The number of aryl methyl sites for hydroxylation is 1. The summed E-state index contributed by atoms with van der Waals surface area (Å²) in [5.74, 6) is 0. The molecule has 0 saturated heterocycles. The molecule has 0 aliphatic heterocycles. The monoisotopic (exact) mass is 774 g/mol. The van der Waals surface area contributed by atoms with E-state index >= 15 is 0 Å². The van der Waals surface area contributed by atoms with Crippen molar-refractivity contribution in [2.45, 2.75) is 204 Å². The molecule has 4 atom stereocenters. The summed E-state index contributed by atoms with van der Waals surface area (Å²) in [6.45, 7) is 26.6. The Morgan fingerprint density at radius 3 is 1.59 bits per heavy atom. The number of benzene rings is 1. The predicted molar refractivity (Wildman–Crippen MR) is 217 cm³/mol. The number of hydrogen-bond donors (Lipinski definition) is 1. The van der Waals surface area contributed by atoms with Gasteiger partial charge in [0.25, 0.3) is 10.1 Å². The first-order chi connectivity index (χ1) is 23.6. The molecule has 1 aromatic rings. The molecule has 0 heterocycles. The second kappa shape index (κ2) is 22.7. The van der Waals surface area contributed by atoms with Crippen molar-refractivity contribution in [3.8, 4) is 0 Å². The zero-order valence-electron chi connectivity index (χ0n) is 34.9. The Hall–Kier alpha value is -0.636. The molecule has 11 heteroatoms. The highest BCUT2D eigenvalue weighted by molar-refractivity contribution is 7.86. The summed E-state index contributed by atoms with van der Waals surface area (Å²) >= 11 is 0. The van der Waals surface area contributed by atoms with Gasteiger partial charge in [-0.25, -0.2) is 0 Å². The van der Waals surface area contributed by atoms with Crippen LogP contribution in [0.4, 0.5) is 0 Å². The van der Waals surface area contributed by atoms with Crippen molar-refractivity contribution >= 4 is 26.8 Å². The maximum absolute atomic E-state index is 13.8. The fourth-order valence-corrected chi connectivity index (χ4v) is 9.49. The van der Waals surface area contributed by atoms with E-state index in [1.165, 1.54) is 32.1 Å². The van der Waals surface area contributed by atoms with Crippen molar-refractivity contribution in [2.24, 2.45) is 0 Å². The van der Waals surface area contributed by atoms with Gasteiger partial charge in [0, 0.05) is 13.7 Å². The second-order valence-electron chi connectivity index (χ2n) is 17.6. The van der Waals surface area contributed by atoms with E-state index in [4.69, 9.17) is 22.5 Å². The molecule has 0 aliphatic carbocycles. The highest BCUT2D eigenvalue weighted by atomic mass is 32.2. The number of rotatable bonds is 27. The summed E-state index contributed by atoms with van der Waals surface area (Å²) < 4.78 is 59.7. The maximum atomic E-state index is 13.8. The summed E-state index contributed by atoms with van der Waals surface area (Å²) in [7, 11) is -7.04. The average Bonchev–Trinajstić information content (AvgIpc) is 3.02. The number of ether oxygens (including phenoxy) is 2. The number of hydrogen-bond acceptors (Lipinski definition) is 8. The van der Waals surface area contributed by atoms with Crippen molar-refractivity contribution in [2.75, 3.05) is 20.5 Å². The largest absolute Gasteiger partial charge is 0.411 e. The summed E-state index contributed by atoms with van der Waals surface area (Å²) in [6, 6.07) is 6.79. The van der Waals surface area contributed by atoms with Crippen molar-refractivity contribution in [1.29, 1.82) is 0 Å². The lowest BCUT2D eigenvalue weighted by atomic mass is 9.97. The van der Waals surface area contributed by atoms with E-state index in [1.807, 2.05) is 6.92 Å². The lowest BCUT2D eigenvalue weighted by molar-refractivity contribution is -0.112.